The molecule has 1 aromatic rings. The van der Waals surface area contributed by atoms with Crippen LogP contribution in [0.2, 0.25) is 0 Å². The summed E-state index contributed by atoms with van der Waals surface area (Å²) in [6.07, 6.45) is 1.13. The van der Waals surface area contributed by atoms with Gasteiger partial charge in [-0.1, -0.05) is 0 Å². The van der Waals surface area contributed by atoms with Crippen LogP contribution >= 0.6 is 0 Å². The van der Waals surface area contributed by atoms with Gasteiger partial charge in [-0.25, -0.2) is 12.8 Å². The van der Waals surface area contributed by atoms with E-state index >= 15 is 0 Å². The summed E-state index contributed by atoms with van der Waals surface area (Å²) in [5.41, 5.74) is 0.919. The number of hydrogen-bond acceptors (Lipinski definition) is 5. The van der Waals surface area contributed by atoms with Gasteiger partial charge in [0.05, 0.1) is 12.8 Å². The Kier molecular flexibility index (Phi) is 6.96. The van der Waals surface area contributed by atoms with E-state index in [1.54, 1.807) is 17.0 Å². The van der Waals surface area contributed by atoms with Crippen LogP contribution in [0.15, 0.2) is 24.3 Å². The zero-order chi connectivity index (χ0) is 19.3. The van der Waals surface area contributed by atoms with E-state index in [1.165, 1.54) is 16.4 Å². The van der Waals surface area contributed by atoms with Crippen molar-refractivity contribution in [2.75, 3.05) is 71.1 Å². The molecule has 0 N–H and O–H groups in total. The van der Waals surface area contributed by atoms with Gasteiger partial charge in [-0.2, -0.15) is 4.31 Å². The molecule has 0 atom stereocenters. The molecule has 7 nitrogen and oxygen atoms in total. The lowest BCUT2D eigenvalue weighted by Crippen LogP contribution is -2.52. The van der Waals surface area contributed by atoms with Crippen LogP contribution < -0.4 is 4.90 Å². The molecule has 0 aliphatic carbocycles. The van der Waals surface area contributed by atoms with Crippen LogP contribution in [0.25, 0.3) is 0 Å². The summed E-state index contributed by atoms with van der Waals surface area (Å²) in [7, 11) is 0.277. The van der Waals surface area contributed by atoms with E-state index < -0.39 is 10.0 Å². The fourth-order valence-electron chi connectivity index (χ4n) is 2.79. The molecule has 0 spiro atoms. The molecular weight excluding hydrogens is 359 g/mol. The molecule has 0 aromatic heterocycles. The highest BCUT2D eigenvalue weighted by Crippen LogP contribution is 2.17. The standard InChI is InChI=1S/C17H27FN4O3S/c1-19(2)8-13-22(26(3,24)25)14-17(23)21-11-9-20(10-12-21)16-6-4-15(18)5-7-16/h4-7H,8-14H2,1-3H3. The van der Waals surface area contributed by atoms with Gasteiger partial charge in [0.15, 0.2) is 0 Å². The largest absolute Gasteiger partial charge is 0.368 e. The van der Waals surface area contributed by atoms with Crippen LogP contribution in [-0.2, 0) is 14.8 Å². The van der Waals surface area contributed by atoms with Crippen LogP contribution in [0.1, 0.15) is 0 Å². The minimum absolute atomic E-state index is 0.136. The molecule has 1 aliphatic heterocycles. The summed E-state index contributed by atoms with van der Waals surface area (Å²) < 4.78 is 38.1. The number of likely N-dealkylation sites (N-methyl/N-ethyl adjacent to an activating group) is 1. The minimum atomic E-state index is -3.44. The maximum absolute atomic E-state index is 13.0. The Hall–Kier alpha value is -1.71. The van der Waals surface area contributed by atoms with Gasteiger partial charge in [0.25, 0.3) is 0 Å². The van der Waals surface area contributed by atoms with Crippen molar-refractivity contribution in [3.63, 3.8) is 0 Å². The topological polar surface area (TPSA) is 64.2 Å². The summed E-state index contributed by atoms with van der Waals surface area (Å²) >= 11 is 0. The molecule has 0 unspecified atom stereocenters. The third-order valence-corrected chi connectivity index (χ3v) is 5.65. The second-order valence-electron chi connectivity index (χ2n) is 6.74. The van der Waals surface area contributed by atoms with E-state index in [9.17, 15) is 17.6 Å². The van der Waals surface area contributed by atoms with E-state index in [1.807, 2.05) is 19.0 Å². The lowest BCUT2D eigenvalue weighted by Gasteiger charge is -2.37. The lowest BCUT2D eigenvalue weighted by atomic mass is 10.2. The second-order valence-corrected chi connectivity index (χ2v) is 8.73. The average Bonchev–Trinajstić information content (AvgIpc) is 2.58. The number of anilines is 1. The first-order valence-corrected chi connectivity index (χ1v) is 10.4. The van der Waals surface area contributed by atoms with Gasteiger partial charge in [-0.3, -0.25) is 4.79 Å². The summed E-state index contributed by atoms with van der Waals surface area (Å²) in [6.45, 7) is 3.00. The Balaban J connectivity index is 1.91. The third kappa shape index (κ3) is 5.93. The molecule has 1 amide bonds. The van der Waals surface area contributed by atoms with Crippen LogP contribution in [0.5, 0.6) is 0 Å². The van der Waals surface area contributed by atoms with Crippen molar-refractivity contribution in [3.05, 3.63) is 30.1 Å². The van der Waals surface area contributed by atoms with E-state index in [4.69, 9.17) is 0 Å². The average molecular weight is 386 g/mol. The van der Waals surface area contributed by atoms with Gasteiger partial charge in [-0.15, -0.1) is 0 Å². The normalized spacial score (nSPS) is 15.8. The number of halogens is 1. The van der Waals surface area contributed by atoms with Gasteiger partial charge in [0.2, 0.25) is 15.9 Å². The fraction of sp³-hybridized carbons (Fsp3) is 0.588. The molecule has 2 rings (SSSR count). The molecule has 9 heteroatoms. The molecule has 0 saturated carbocycles. The first-order valence-electron chi connectivity index (χ1n) is 8.55. The lowest BCUT2D eigenvalue weighted by molar-refractivity contribution is -0.131. The Morgan fingerprint density at radius 3 is 2.15 bits per heavy atom. The van der Waals surface area contributed by atoms with Crippen molar-refractivity contribution < 1.29 is 17.6 Å². The number of nitrogens with zero attached hydrogens (tertiary/aromatic N) is 4. The molecule has 1 aliphatic rings. The number of rotatable bonds is 7. The van der Waals surface area contributed by atoms with Crippen molar-refractivity contribution in [3.8, 4) is 0 Å². The third-order valence-electron chi connectivity index (χ3n) is 4.40. The SMILES string of the molecule is CN(C)CCN(CC(=O)N1CCN(c2ccc(F)cc2)CC1)S(C)(=O)=O. The Bertz CT molecular complexity index is 701. The van der Waals surface area contributed by atoms with E-state index in [-0.39, 0.29) is 24.8 Å². The number of sulfonamides is 1. The van der Waals surface area contributed by atoms with Crippen LogP contribution in [0.4, 0.5) is 10.1 Å². The summed E-state index contributed by atoms with van der Waals surface area (Å²) in [6, 6.07) is 6.28. The van der Waals surface area contributed by atoms with Crippen LogP contribution in [0, 0.1) is 5.82 Å². The highest BCUT2D eigenvalue weighted by Gasteiger charge is 2.26. The highest BCUT2D eigenvalue weighted by molar-refractivity contribution is 7.88. The monoisotopic (exact) mass is 386 g/mol. The molecule has 146 valence electrons. The second kappa shape index (κ2) is 8.79. The van der Waals surface area contributed by atoms with E-state index in [2.05, 4.69) is 4.90 Å². The first kappa shape index (κ1) is 20.6. The number of hydrogen-bond donors (Lipinski definition) is 0. The fourth-order valence-corrected chi connectivity index (χ4v) is 3.55. The van der Waals surface area contributed by atoms with Crippen molar-refractivity contribution >= 4 is 21.6 Å². The molecule has 1 heterocycles. The number of carbonyl (C=O) groups excluding carboxylic acids is 1. The van der Waals surface area contributed by atoms with Gasteiger partial charge < -0.3 is 14.7 Å². The molecule has 26 heavy (non-hydrogen) atoms. The van der Waals surface area contributed by atoms with Gasteiger partial charge in [-0.05, 0) is 38.4 Å². The maximum Gasteiger partial charge on any atom is 0.238 e. The Labute approximate surface area is 155 Å². The summed E-state index contributed by atoms with van der Waals surface area (Å²) in [5.74, 6) is -0.464. The molecule has 0 radical (unpaired) electrons. The summed E-state index contributed by atoms with van der Waals surface area (Å²) in [4.78, 5) is 18.2. The quantitative estimate of drug-likeness (QED) is 0.674. The zero-order valence-corrected chi connectivity index (χ0v) is 16.4. The predicted molar refractivity (Wildman–Crippen MR) is 100 cm³/mol. The van der Waals surface area contributed by atoms with Crippen LogP contribution in [-0.4, -0.2) is 94.6 Å². The zero-order valence-electron chi connectivity index (χ0n) is 15.6. The van der Waals surface area contributed by atoms with Gasteiger partial charge >= 0.3 is 0 Å². The molecular formula is C17H27FN4O3S. The molecule has 1 aromatic carbocycles. The molecule has 1 fully saturated rings. The van der Waals surface area contributed by atoms with Gasteiger partial charge in [0, 0.05) is 45.0 Å². The minimum Gasteiger partial charge on any atom is -0.368 e. The van der Waals surface area contributed by atoms with Crippen molar-refractivity contribution in [1.82, 2.24) is 14.1 Å². The van der Waals surface area contributed by atoms with E-state index in [0.717, 1.165) is 11.9 Å². The van der Waals surface area contributed by atoms with Crippen molar-refractivity contribution in [2.45, 2.75) is 0 Å². The Morgan fingerprint density at radius 1 is 1.08 bits per heavy atom. The van der Waals surface area contributed by atoms with Crippen molar-refractivity contribution in [1.29, 1.82) is 0 Å². The van der Waals surface area contributed by atoms with E-state index in [0.29, 0.717) is 32.7 Å². The summed E-state index contributed by atoms with van der Waals surface area (Å²) in [5, 5.41) is 0. The smallest absolute Gasteiger partial charge is 0.238 e. The number of piperazine rings is 1. The van der Waals surface area contributed by atoms with Gasteiger partial charge in [0.1, 0.15) is 5.82 Å². The molecule has 0 bridgehead atoms. The number of carbonyl (C=O) groups is 1. The van der Waals surface area contributed by atoms with Crippen molar-refractivity contribution in [2.24, 2.45) is 0 Å². The first-order chi connectivity index (χ1) is 12.2. The maximum atomic E-state index is 13.0. The predicted octanol–water partition coefficient (Wildman–Crippen LogP) is 0.298. The highest BCUT2D eigenvalue weighted by atomic mass is 32.2. The number of benzene rings is 1. The Morgan fingerprint density at radius 2 is 1.65 bits per heavy atom. The number of amides is 1. The van der Waals surface area contributed by atoms with Crippen LogP contribution in [0.3, 0.4) is 0 Å². The molecule has 1 saturated heterocycles.